The molecule has 0 saturated carbocycles. The number of nitrogens with zero attached hydrogens (tertiary/aromatic N) is 1. The van der Waals surface area contributed by atoms with Crippen molar-refractivity contribution in [3.63, 3.8) is 0 Å². The number of piperidine rings is 1. The molecule has 1 aliphatic rings. The second kappa shape index (κ2) is 4.82. The lowest BCUT2D eigenvalue weighted by atomic mass is 9.99. The van der Waals surface area contributed by atoms with Gasteiger partial charge in [0.25, 0.3) is 0 Å². The van der Waals surface area contributed by atoms with E-state index < -0.39 is 10.7 Å². The van der Waals surface area contributed by atoms with E-state index in [9.17, 15) is 8.42 Å². The van der Waals surface area contributed by atoms with E-state index in [4.69, 9.17) is 0 Å². The highest BCUT2D eigenvalue weighted by molar-refractivity contribution is 7.72. The minimum atomic E-state index is -2.18. The fourth-order valence-corrected chi connectivity index (χ4v) is 1.95. The van der Waals surface area contributed by atoms with Crippen LogP contribution in [0.15, 0.2) is 0 Å². The van der Waals surface area contributed by atoms with Crippen molar-refractivity contribution in [2.75, 3.05) is 25.4 Å². The Hall–Kier alpha value is -0.0900. The highest BCUT2D eigenvalue weighted by atomic mass is 32.2. The zero-order chi connectivity index (χ0) is 8.97. The van der Waals surface area contributed by atoms with Crippen molar-refractivity contribution in [2.45, 2.75) is 19.8 Å². The van der Waals surface area contributed by atoms with Gasteiger partial charge in [0.15, 0.2) is 0 Å². The molecule has 72 valence electrons. The normalized spacial score (nSPS) is 21.8. The summed E-state index contributed by atoms with van der Waals surface area (Å²) in [6, 6.07) is 0. The summed E-state index contributed by atoms with van der Waals surface area (Å²) in [6.07, 6.45) is 2.44. The van der Waals surface area contributed by atoms with Crippen LogP contribution in [0.4, 0.5) is 0 Å². The van der Waals surface area contributed by atoms with Crippen molar-refractivity contribution < 1.29 is 8.42 Å². The summed E-state index contributed by atoms with van der Waals surface area (Å²) in [7, 11) is -2.18. The van der Waals surface area contributed by atoms with E-state index in [2.05, 4.69) is 11.8 Å². The molecule has 0 radical (unpaired) electrons. The van der Waals surface area contributed by atoms with Gasteiger partial charge in [0.1, 0.15) is 10.7 Å². The van der Waals surface area contributed by atoms with E-state index in [1.807, 2.05) is 0 Å². The molecule has 0 atom stereocenters. The monoisotopic (exact) mass is 191 g/mol. The third-order valence-corrected chi connectivity index (χ3v) is 3.04. The van der Waals surface area contributed by atoms with Gasteiger partial charge >= 0.3 is 0 Å². The van der Waals surface area contributed by atoms with Gasteiger partial charge in [-0.15, -0.1) is 0 Å². The van der Waals surface area contributed by atoms with E-state index in [-0.39, 0.29) is 0 Å². The van der Waals surface area contributed by atoms with Gasteiger partial charge < -0.3 is 4.90 Å². The molecule has 1 fully saturated rings. The van der Waals surface area contributed by atoms with Crippen LogP contribution >= 0.6 is 0 Å². The molecule has 0 bridgehead atoms. The fourth-order valence-electron chi connectivity index (χ4n) is 1.51. The Labute approximate surface area is 75.7 Å². The van der Waals surface area contributed by atoms with Gasteiger partial charge in [0, 0.05) is 6.54 Å². The molecule has 0 amide bonds. The van der Waals surface area contributed by atoms with Crippen LogP contribution < -0.4 is 0 Å². The Morgan fingerprint density at radius 2 is 1.92 bits per heavy atom. The third kappa shape index (κ3) is 3.54. The maximum Gasteiger partial charge on any atom is 0.141 e. The first-order valence-corrected chi connectivity index (χ1v) is 5.89. The fraction of sp³-hybridized carbons (Fsp3) is 1.00. The van der Waals surface area contributed by atoms with Crippen molar-refractivity contribution in [1.82, 2.24) is 4.90 Å². The summed E-state index contributed by atoms with van der Waals surface area (Å²) in [4.78, 5) is 2.24. The molecule has 0 aromatic carbocycles. The van der Waals surface area contributed by atoms with Gasteiger partial charge in [-0.05, 0) is 31.8 Å². The Morgan fingerprint density at radius 1 is 1.33 bits per heavy atom. The zero-order valence-corrected chi connectivity index (χ0v) is 8.43. The number of hydrogen-bond acceptors (Lipinski definition) is 3. The van der Waals surface area contributed by atoms with Crippen LogP contribution in [0.3, 0.4) is 0 Å². The van der Waals surface area contributed by atoms with Gasteiger partial charge in [-0.2, -0.15) is 0 Å². The molecule has 12 heavy (non-hydrogen) atoms. The average Bonchev–Trinajstić information content (AvgIpc) is 2.03. The molecule has 1 saturated heterocycles. The minimum absolute atomic E-state index is 0.323. The molecule has 1 rings (SSSR count). The van der Waals surface area contributed by atoms with Crippen molar-refractivity contribution in [2.24, 2.45) is 5.92 Å². The van der Waals surface area contributed by atoms with Gasteiger partial charge in [-0.1, -0.05) is 6.92 Å². The molecule has 3 nitrogen and oxygen atoms in total. The quantitative estimate of drug-likeness (QED) is 0.653. The average molecular weight is 191 g/mol. The van der Waals surface area contributed by atoms with Crippen LogP contribution in [-0.2, 0) is 10.7 Å². The number of thiol groups is 1. The van der Waals surface area contributed by atoms with E-state index in [1.165, 1.54) is 12.8 Å². The first-order valence-electron chi connectivity index (χ1n) is 4.52. The Balaban J connectivity index is 2.17. The van der Waals surface area contributed by atoms with Crippen LogP contribution in [0, 0.1) is 5.92 Å². The maximum atomic E-state index is 10.3. The van der Waals surface area contributed by atoms with E-state index in [1.54, 1.807) is 0 Å². The second-order valence-corrected chi connectivity index (χ2v) is 4.69. The smallest absolute Gasteiger partial charge is 0.141 e. The standard InChI is InChI=1S/C8H17NO2S/c1-8-2-4-9(5-3-8)6-7-12(10)11/h8,12H,2-7H2,1H3. The third-order valence-electron chi connectivity index (χ3n) is 2.48. The number of rotatable bonds is 3. The molecular weight excluding hydrogens is 174 g/mol. The first-order chi connectivity index (χ1) is 5.68. The van der Waals surface area contributed by atoms with Gasteiger partial charge in [-0.25, -0.2) is 8.42 Å². The largest absolute Gasteiger partial charge is 0.302 e. The molecule has 4 heteroatoms. The van der Waals surface area contributed by atoms with Crippen molar-refractivity contribution in [3.8, 4) is 0 Å². The summed E-state index contributed by atoms with van der Waals surface area (Å²) in [5.74, 6) is 1.14. The van der Waals surface area contributed by atoms with E-state index in [0.717, 1.165) is 25.6 Å². The predicted octanol–water partition coefficient (Wildman–Crippen LogP) is 0.330. The molecule has 1 aliphatic heterocycles. The Morgan fingerprint density at radius 3 is 2.42 bits per heavy atom. The predicted molar refractivity (Wildman–Crippen MR) is 50.0 cm³/mol. The number of likely N-dealkylation sites (tertiary alicyclic amines) is 1. The first kappa shape index (κ1) is 9.99. The lowest BCUT2D eigenvalue weighted by molar-refractivity contribution is 0.202. The molecule has 0 spiro atoms. The van der Waals surface area contributed by atoms with Gasteiger partial charge in [0.05, 0.1) is 5.75 Å². The highest BCUT2D eigenvalue weighted by Crippen LogP contribution is 2.15. The van der Waals surface area contributed by atoms with Crippen LogP contribution in [0.25, 0.3) is 0 Å². The van der Waals surface area contributed by atoms with E-state index in [0.29, 0.717) is 5.75 Å². The molecular formula is C8H17NO2S. The topological polar surface area (TPSA) is 37.4 Å². The van der Waals surface area contributed by atoms with Gasteiger partial charge in [0.2, 0.25) is 0 Å². The van der Waals surface area contributed by atoms with Gasteiger partial charge in [-0.3, -0.25) is 0 Å². The molecule has 0 unspecified atom stereocenters. The molecule has 1 heterocycles. The SMILES string of the molecule is CC1CCN(CC[SH](=O)=O)CC1. The summed E-state index contributed by atoms with van der Waals surface area (Å²) >= 11 is 0. The Kier molecular flexibility index (Phi) is 4.01. The molecule has 0 aromatic rings. The lowest BCUT2D eigenvalue weighted by Crippen LogP contribution is -2.35. The Bertz CT molecular complexity index is 187. The van der Waals surface area contributed by atoms with Crippen molar-refractivity contribution in [1.29, 1.82) is 0 Å². The molecule has 0 aromatic heterocycles. The van der Waals surface area contributed by atoms with Crippen LogP contribution in [0.5, 0.6) is 0 Å². The minimum Gasteiger partial charge on any atom is -0.302 e. The zero-order valence-electron chi connectivity index (χ0n) is 7.53. The summed E-state index contributed by atoms with van der Waals surface area (Å²) in [5, 5.41) is 0. The second-order valence-electron chi connectivity index (χ2n) is 3.58. The lowest BCUT2D eigenvalue weighted by Gasteiger charge is -2.29. The van der Waals surface area contributed by atoms with E-state index >= 15 is 0 Å². The van der Waals surface area contributed by atoms with Crippen LogP contribution in [0.1, 0.15) is 19.8 Å². The highest BCUT2D eigenvalue weighted by Gasteiger charge is 2.14. The molecule has 0 N–H and O–H groups in total. The maximum absolute atomic E-state index is 10.3. The number of hydrogen-bond donors (Lipinski definition) is 1. The molecule has 0 aliphatic carbocycles. The van der Waals surface area contributed by atoms with Crippen LogP contribution in [0.2, 0.25) is 0 Å². The summed E-state index contributed by atoms with van der Waals surface area (Å²) in [6.45, 7) is 5.13. The summed E-state index contributed by atoms with van der Waals surface area (Å²) in [5.41, 5.74) is 0. The van der Waals surface area contributed by atoms with Crippen molar-refractivity contribution in [3.05, 3.63) is 0 Å². The van der Waals surface area contributed by atoms with Crippen molar-refractivity contribution >= 4 is 10.7 Å². The summed E-state index contributed by atoms with van der Waals surface area (Å²) < 4.78 is 20.6. The van der Waals surface area contributed by atoms with Crippen LogP contribution in [-0.4, -0.2) is 38.7 Å².